The summed E-state index contributed by atoms with van der Waals surface area (Å²) in [4.78, 5) is 50.0. The van der Waals surface area contributed by atoms with Gasteiger partial charge in [0.2, 0.25) is 5.88 Å². The van der Waals surface area contributed by atoms with E-state index in [0.29, 0.717) is 24.2 Å². The van der Waals surface area contributed by atoms with Gasteiger partial charge in [0.15, 0.2) is 6.61 Å². The zero-order valence-electron chi connectivity index (χ0n) is 15.6. The molecule has 0 fully saturated rings. The Hall–Kier alpha value is -3.88. The number of nitroso groups, excluding NO2 is 1. The quantitative estimate of drug-likeness (QED) is 0.353. The van der Waals surface area contributed by atoms with Gasteiger partial charge in [0.25, 0.3) is 11.7 Å². The van der Waals surface area contributed by atoms with Gasteiger partial charge in [-0.3, -0.25) is 14.4 Å². The molecule has 0 bridgehead atoms. The zero-order chi connectivity index (χ0) is 21.0. The van der Waals surface area contributed by atoms with Crippen LogP contribution in [0.5, 0.6) is 5.88 Å². The Bertz CT molecular complexity index is 1110. The van der Waals surface area contributed by atoms with Crippen LogP contribution in [0.1, 0.15) is 28.5 Å². The number of carbonyl (C=O) groups is 3. The minimum Gasteiger partial charge on any atom is -0.467 e. The predicted octanol–water partition coefficient (Wildman–Crippen LogP) is 1.99. The first-order valence-electron chi connectivity index (χ1n) is 8.85. The van der Waals surface area contributed by atoms with Crippen molar-refractivity contribution in [3.63, 3.8) is 0 Å². The van der Waals surface area contributed by atoms with Crippen LogP contribution >= 0.6 is 0 Å². The number of nitrogens with zero attached hydrogens (tertiary/aromatic N) is 3. The number of pyridine rings is 1. The van der Waals surface area contributed by atoms with Gasteiger partial charge in [0.1, 0.15) is 0 Å². The second-order valence-electron chi connectivity index (χ2n) is 6.22. The highest BCUT2D eigenvalue weighted by molar-refractivity contribution is 6.45. The van der Waals surface area contributed by atoms with E-state index in [1.54, 1.807) is 6.07 Å². The molecule has 3 aromatic rings. The molecule has 0 atom stereocenters. The lowest BCUT2D eigenvalue weighted by molar-refractivity contribution is -0.120. The number of amides is 2. The molecule has 2 amide bonds. The summed E-state index contributed by atoms with van der Waals surface area (Å²) in [5.41, 5.74) is 7.51. The summed E-state index contributed by atoms with van der Waals surface area (Å²) in [5.74, 6) is -3.06. The standard InChI is InChI=1S/C20H18N4O5/c1-2-13-16(18(26)19(21)27)17-14(24(13)10-12-6-4-3-5-7-12)8-9-22-20(17)29-11-15(25)23-28/h3-9H,2,10-11H2,1H3,(H2,21,27). The molecule has 0 spiro atoms. The smallest absolute Gasteiger partial charge is 0.323 e. The number of ether oxygens (including phenoxy) is 1. The van der Waals surface area contributed by atoms with Crippen molar-refractivity contribution in [1.82, 2.24) is 9.55 Å². The van der Waals surface area contributed by atoms with Crippen LogP contribution in [0.4, 0.5) is 0 Å². The van der Waals surface area contributed by atoms with Gasteiger partial charge < -0.3 is 15.0 Å². The lowest BCUT2D eigenvalue weighted by Gasteiger charge is -2.10. The first-order valence-corrected chi connectivity index (χ1v) is 8.85. The van der Waals surface area contributed by atoms with E-state index < -0.39 is 24.2 Å². The number of rotatable bonds is 8. The van der Waals surface area contributed by atoms with E-state index in [4.69, 9.17) is 10.5 Å². The van der Waals surface area contributed by atoms with Crippen molar-refractivity contribution in [1.29, 1.82) is 0 Å². The van der Waals surface area contributed by atoms with E-state index in [9.17, 15) is 19.3 Å². The highest BCUT2D eigenvalue weighted by Crippen LogP contribution is 2.33. The third kappa shape index (κ3) is 3.88. The van der Waals surface area contributed by atoms with Crippen LogP contribution in [0.25, 0.3) is 10.9 Å². The van der Waals surface area contributed by atoms with Crippen molar-refractivity contribution >= 4 is 28.5 Å². The van der Waals surface area contributed by atoms with Crippen molar-refractivity contribution in [3.05, 3.63) is 64.3 Å². The van der Waals surface area contributed by atoms with Crippen LogP contribution in [-0.2, 0) is 22.6 Å². The minimum absolute atomic E-state index is 0.0504. The number of ketones is 1. The summed E-state index contributed by atoms with van der Waals surface area (Å²) in [6, 6.07) is 11.3. The Morgan fingerprint density at radius 1 is 1.17 bits per heavy atom. The number of benzene rings is 1. The topological polar surface area (TPSA) is 134 Å². The molecule has 2 heterocycles. The van der Waals surface area contributed by atoms with Crippen LogP contribution in [0, 0.1) is 4.91 Å². The summed E-state index contributed by atoms with van der Waals surface area (Å²) in [5, 5.41) is 2.54. The van der Waals surface area contributed by atoms with Crippen molar-refractivity contribution < 1.29 is 19.1 Å². The maximum absolute atomic E-state index is 12.6. The molecule has 0 aliphatic carbocycles. The van der Waals surface area contributed by atoms with E-state index in [2.05, 4.69) is 10.2 Å². The third-order valence-electron chi connectivity index (χ3n) is 4.45. The highest BCUT2D eigenvalue weighted by atomic mass is 16.5. The Morgan fingerprint density at radius 3 is 2.52 bits per heavy atom. The molecule has 2 N–H and O–H groups in total. The second kappa shape index (κ2) is 8.42. The van der Waals surface area contributed by atoms with Gasteiger partial charge >= 0.3 is 5.91 Å². The van der Waals surface area contributed by atoms with Crippen LogP contribution in [0.2, 0.25) is 0 Å². The molecule has 1 aromatic carbocycles. The number of hydrogen-bond acceptors (Lipinski definition) is 6. The van der Waals surface area contributed by atoms with Gasteiger partial charge in [-0.1, -0.05) is 37.3 Å². The molecule has 0 unspecified atom stereocenters. The molecule has 3 rings (SSSR count). The van der Waals surface area contributed by atoms with E-state index >= 15 is 0 Å². The maximum atomic E-state index is 12.6. The Morgan fingerprint density at radius 2 is 1.90 bits per heavy atom. The minimum atomic E-state index is -1.11. The zero-order valence-corrected chi connectivity index (χ0v) is 15.6. The molecule has 0 radical (unpaired) electrons. The molecule has 0 saturated heterocycles. The summed E-state index contributed by atoms with van der Waals surface area (Å²) < 4.78 is 7.22. The molecule has 2 aromatic heterocycles. The first-order chi connectivity index (χ1) is 14.0. The number of aromatic nitrogens is 2. The first kappa shape index (κ1) is 19.9. The number of carbonyl (C=O) groups excluding carboxylic acids is 3. The van der Waals surface area contributed by atoms with Gasteiger partial charge in [-0.05, 0) is 18.1 Å². The molecule has 29 heavy (non-hydrogen) atoms. The molecule has 0 saturated carbocycles. The fourth-order valence-corrected chi connectivity index (χ4v) is 3.27. The summed E-state index contributed by atoms with van der Waals surface area (Å²) >= 11 is 0. The van der Waals surface area contributed by atoms with Crippen LogP contribution < -0.4 is 10.5 Å². The second-order valence-corrected chi connectivity index (χ2v) is 6.22. The predicted molar refractivity (Wildman–Crippen MR) is 104 cm³/mol. The van der Waals surface area contributed by atoms with Gasteiger partial charge in [-0.15, -0.1) is 4.91 Å². The van der Waals surface area contributed by atoms with Gasteiger partial charge in [0, 0.05) is 23.6 Å². The van der Waals surface area contributed by atoms with Crippen molar-refractivity contribution in [2.24, 2.45) is 10.9 Å². The molecule has 9 heteroatoms. The summed E-state index contributed by atoms with van der Waals surface area (Å²) in [6.45, 7) is 1.65. The van der Waals surface area contributed by atoms with Crippen molar-refractivity contribution in [3.8, 4) is 5.88 Å². The van der Waals surface area contributed by atoms with Gasteiger partial charge in [-0.25, -0.2) is 4.98 Å². The Labute approximate surface area is 165 Å². The molecule has 9 nitrogen and oxygen atoms in total. The molecular formula is C20H18N4O5. The molecule has 0 aliphatic heterocycles. The van der Waals surface area contributed by atoms with Gasteiger partial charge in [0.05, 0.1) is 16.5 Å². The normalized spacial score (nSPS) is 10.7. The largest absolute Gasteiger partial charge is 0.467 e. The number of Topliss-reactive ketones (excluding diaryl/α,β-unsaturated/α-hetero) is 1. The lowest BCUT2D eigenvalue weighted by atomic mass is 10.1. The lowest BCUT2D eigenvalue weighted by Crippen LogP contribution is -2.24. The van der Waals surface area contributed by atoms with Gasteiger partial charge in [-0.2, -0.15) is 0 Å². The summed E-state index contributed by atoms with van der Waals surface area (Å²) in [7, 11) is 0. The van der Waals surface area contributed by atoms with E-state index in [1.807, 2.05) is 41.8 Å². The molecule has 0 aliphatic rings. The number of nitrogens with two attached hydrogens (primary N) is 1. The average Bonchev–Trinajstić information content (AvgIpc) is 3.05. The van der Waals surface area contributed by atoms with Crippen LogP contribution in [0.3, 0.4) is 0 Å². The number of hydrogen-bond donors (Lipinski definition) is 1. The average molecular weight is 394 g/mol. The highest BCUT2D eigenvalue weighted by Gasteiger charge is 2.28. The molecule has 148 valence electrons. The van der Waals surface area contributed by atoms with E-state index in [-0.39, 0.29) is 16.8 Å². The van der Waals surface area contributed by atoms with Crippen molar-refractivity contribution in [2.45, 2.75) is 19.9 Å². The number of primary amides is 1. The Balaban J connectivity index is 2.25. The fraction of sp³-hybridized carbons (Fsp3) is 0.200. The third-order valence-corrected chi connectivity index (χ3v) is 4.45. The van der Waals surface area contributed by atoms with E-state index in [0.717, 1.165) is 5.56 Å². The van der Waals surface area contributed by atoms with Crippen LogP contribution in [-0.4, -0.2) is 33.8 Å². The fourth-order valence-electron chi connectivity index (χ4n) is 3.27. The molecular weight excluding hydrogens is 376 g/mol. The maximum Gasteiger partial charge on any atom is 0.323 e. The Kier molecular flexibility index (Phi) is 5.77. The SMILES string of the molecule is CCc1c(C(=O)C(N)=O)c2c(OCC(=O)N=O)nccc2n1Cc1ccccc1. The van der Waals surface area contributed by atoms with Crippen LogP contribution in [0.15, 0.2) is 47.8 Å². The summed E-state index contributed by atoms with van der Waals surface area (Å²) in [6.07, 6.45) is 1.89. The monoisotopic (exact) mass is 394 g/mol. The number of fused-ring (bicyclic) bond motifs is 1. The van der Waals surface area contributed by atoms with E-state index in [1.165, 1.54) is 6.20 Å². The van der Waals surface area contributed by atoms with Crippen molar-refractivity contribution in [2.75, 3.05) is 6.61 Å².